The van der Waals surface area contributed by atoms with Crippen LogP contribution < -0.4 is 0 Å². The zero-order valence-corrected chi connectivity index (χ0v) is 12.3. The Morgan fingerprint density at radius 1 is 1.55 bits per heavy atom. The molecule has 112 valence electrons. The van der Waals surface area contributed by atoms with E-state index in [4.69, 9.17) is 9.84 Å². The molecule has 2 heterocycles. The number of aliphatic carboxylic acids is 1. The van der Waals surface area contributed by atoms with Gasteiger partial charge in [-0.15, -0.1) is 0 Å². The van der Waals surface area contributed by atoms with Crippen LogP contribution in [-0.2, 0) is 26.6 Å². The van der Waals surface area contributed by atoms with E-state index in [0.29, 0.717) is 5.82 Å². The molecule has 0 unspecified atom stereocenters. The predicted molar refractivity (Wildman–Crippen MR) is 68.7 cm³/mol. The third-order valence-corrected chi connectivity index (χ3v) is 4.92. The average Bonchev–Trinajstić information content (AvgIpc) is 2.64. The molecule has 0 atom stereocenters. The van der Waals surface area contributed by atoms with Crippen LogP contribution in [-0.4, -0.2) is 58.6 Å². The van der Waals surface area contributed by atoms with Crippen LogP contribution in [0.5, 0.6) is 0 Å². The molecule has 1 saturated heterocycles. The number of hydrogen-bond donors (Lipinski definition) is 1. The third-order valence-electron chi connectivity index (χ3n) is 3.26. The molecule has 1 fully saturated rings. The van der Waals surface area contributed by atoms with Gasteiger partial charge in [0.2, 0.25) is 0 Å². The highest BCUT2D eigenvalue weighted by Crippen LogP contribution is 2.30. The lowest BCUT2D eigenvalue weighted by molar-refractivity contribution is -0.157. The minimum Gasteiger partial charge on any atom is -0.480 e. The Morgan fingerprint density at radius 2 is 2.15 bits per heavy atom. The number of imidazole rings is 1. The average molecular weight is 303 g/mol. The summed E-state index contributed by atoms with van der Waals surface area (Å²) in [6.07, 6.45) is 1.46. The highest BCUT2D eigenvalue weighted by atomic mass is 32.2. The van der Waals surface area contributed by atoms with Crippen LogP contribution in [0.3, 0.4) is 0 Å². The van der Waals surface area contributed by atoms with Crippen molar-refractivity contribution in [2.24, 2.45) is 7.05 Å². The second-order valence-corrected chi connectivity index (χ2v) is 7.03. The maximum atomic E-state index is 12.3. The molecule has 1 aromatic rings. The standard InChI is InChI=1S/C11H17N3O5S/c1-8-12-9(4-13(8)3)20(17,18)14-6-11(2,7-14)19-5-10(15)16/h4H,5-7H2,1-3H3,(H,15,16). The maximum Gasteiger partial charge on any atom is 0.329 e. The fraction of sp³-hybridized carbons (Fsp3) is 0.636. The van der Waals surface area contributed by atoms with Crippen LogP contribution in [0.2, 0.25) is 0 Å². The number of aryl methyl sites for hydroxylation is 2. The molecule has 20 heavy (non-hydrogen) atoms. The molecule has 0 aliphatic carbocycles. The van der Waals surface area contributed by atoms with Crippen molar-refractivity contribution in [1.82, 2.24) is 13.9 Å². The summed E-state index contributed by atoms with van der Waals surface area (Å²) in [6, 6.07) is 0. The molecule has 0 aromatic carbocycles. The molecule has 1 N–H and O–H groups in total. The highest BCUT2D eigenvalue weighted by Gasteiger charge is 2.47. The summed E-state index contributed by atoms with van der Waals surface area (Å²) in [5.41, 5.74) is -0.755. The minimum atomic E-state index is -3.64. The maximum absolute atomic E-state index is 12.3. The third kappa shape index (κ3) is 2.69. The summed E-state index contributed by atoms with van der Waals surface area (Å²) in [4.78, 5) is 14.5. The van der Waals surface area contributed by atoms with Crippen LogP contribution >= 0.6 is 0 Å². The van der Waals surface area contributed by atoms with Crippen molar-refractivity contribution >= 4 is 16.0 Å². The second-order valence-electron chi connectivity index (χ2n) is 5.14. The molecule has 0 radical (unpaired) electrons. The van der Waals surface area contributed by atoms with E-state index in [1.54, 1.807) is 25.5 Å². The molecule has 0 saturated carbocycles. The molecule has 0 bridgehead atoms. The van der Waals surface area contributed by atoms with Gasteiger partial charge >= 0.3 is 5.97 Å². The van der Waals surface area contributed by atoms with Crippen LogP contribution in [0.1, 0.15) is 12.7 Å². The number of sulfonamides is 1. The first-order valence-corrected chi connectivity index (χ1v) is 7.44. The first-order valence-electron chi connectivity index (χ1n) is 6.00. The Balaban J connectivity index is 2.06. The Kier molecular flexibility index (Phi) is 3.61. The largest absolute Gasteiger partial charge is 0.480 e. The zero-order chi connectivity index (χ0) is 15.1. The normalized spacial score (nSPS) is 18.8. The molecular weight excluding hydrogens is 286 g/mol. The van der Waals surface area contributed by atoms with E-state index in [0.717, 1.165) is 0 Å². The molecular formula is C11H17N3O5S. The molecule has 8 nitrogen and oxygen atoms in total. The van der Waals surface area contributed by atoms with Crippen molar-refractivity contribution in [1.29, 1.82) is 0 Å². The summed E-state index contributed by atoms with van der Waals surface area (Å²) < 4.78 is 32.6. The number of rotatable bonds is 5. The van der Waals surface area contributed by atoms with E-state index >= 15 is 0 Å². The van der Waals surface area contributed by atoms with E-state index < -0.39 is 28.2 Å². The SMILES string of the molecule is Cc1nc(S(=O)(=O)N2CC(C)(OCC(=O)O)C2)cn1C. The summed E-state index contributed by atoms with van der Waals surface area (Å²) >= 11 is 0. The number of nitrogens with zero attached hydrogens (tertiary/aromatic N) is 3. The lowest BCUT2D eigenvalue weighted by atomic mass is 10.0. The van der Waals surface area contributed by atoms with Gasteiger partial charge < -0.3 is 14.4 Å². The van der Waals surface area contributed by atoms with E-state index in [9.17, 15) is 13.2 Å². The zero-order valence-electron chi connectivity index (χ0n) is 11.5. The van der Waals surface area contributed by atoms with Crippen LogP contribution in [0, 0.1) is 6.92 Å². The number of carboxylic acid groups (broad SMARTS) is 1. The van der Waals surface area contributed by atoms with Crippen molar-refractivity contribution in [3.63, 3.8) is 0 Å². The predicted octanol–water partition coefficient (Wildman–Crippen LogP) is -0.407. The summed E-state index contributed by atoms with van der Waals surface area (Å²) in [6.45, 7) is 3.21. The van der Waals surface area contributed by atoms with Gasteiger partial charge in [-0.1, -0.05) is 0 Å². The van der Waals surface area contributed by atoms with Gasteiger partial charge in [-0.3, -0.25) is 0 Å². The van der Waals surface area contributed by atoms with Crippen molar-refractivity contribution in [3.05, 3.63) is 12.0 Å². The van der Waals surface area contributed by atoms with Crippen LogP contribution in [0.15, 0.2) is 11.2 Å². The topological polar surface area (TPSA) is 102 Å². The van der Waals surface area contributed by atoms with E-state index in [1.807, 2.05) is 0 Å². The fourth-order valence-electron chi connectivity index (χ4n) is 1.98. The van der Waals surface area contributed by atoms with Gasteiger partial charge in [-0.2, -0.15) is 4.31 Å². The second kappa shape index (κ2) is 4.83. The van der Waals surface area contributed by atoms with Crippen molar-refractivity contribution in [3.8, 4) is 0 Å². The summed E-state index contributed by atoms with van der Waals surface area (Å²) in [7, 11) is -1.92. The number of carbonyl (C=O) groups is 1. The lowest BCUT2D eigenvalue weighted by Gasteiger charge is -2.45. The molecule has 1 aliphatic heterocycles. The van der Waals surface area contributed by atoms with Gasteiger partial charge in [-0.25, -0.2) is 18.2 Å². The van der Waals surface area contributed by atoms with Crippen molar-refractivity contribution in [2.45, 2.75) is 24.5 Å². The number of ether oxygens (including phenoxy) is 1. The molecule has 1 aliphatic rings. The van der Waals surface area contributed by atoms with Gasteiger partial charge in [0, 0.05) is 26.3 Å². The lowest BCUT2D eigenvalue weighted by Crippen LogP contribution is -2.63. The Hall–Kier alpha value is -1.45. The van der Waals surface area contributed by atoms with Gasteiger partial charge in [0.1, 0.15) is 12.4 Å². The first-order chi connectivity index (χ1) is 9.14. The van der Waals surface area contributed by atoms with E-state index in [-0.39, 0.29) is 18.1 Å². The Bertz CT molecular complexity index is 611. The van der Waals surface area contributed by atoms with Crippen LogP contribution in [0.4, 0.5) is 0 Å². The van der Waals surface area contributed by atoms with Gasteiger partial charge in [0.25, 0.3) is 10.0 Å². The highest BCUT2D eigenvalue weighted by molar-refractivity contribution is 7.89. The Morgan fingerprint density at radius 3 is 2.60 bits per heavy atom. The van der Waals surface area contributed by atoms with Gasteiger partial charge in [0.15, 0.2) is 5.03 Å². The minimum absolute atomic E-state index is 0.00205. The molecule has 2 rings (SSSR count). The number of aromatic nitrogens is 2. The molecule has 0 amide bonds. The number of carboxylic acids is 1. The van der Waals surface area contributed by atoms with Crippen molar-refractivity contribution < 1.29 is 23.1 Å². The molecule has 9 heteroatoms. The summed E-state index contributed by atoms with van der Waals surface area (Å²) in [5, 5.41) is 8.56. The first kappa shape index (κ1) is 14.9. The van der Waals surface area contributed by atoms with E-state index in [1.165, 1.54) is 10.5 Å². The quantitative estimate of drug-likeness (QED) is 0.793. The monoisotopic (exact) mass is 303 g/mol. The van der Waals surface area contributed by atoms with Crippen molar-refractivity contribution in [2.75, 3.05) is 19.7 Å². The summed E-state index contributed by atoms with van der Waals surface area (Å²) in [5.74, 6) is -0.470. The van der Waals surface area contributed by atoms with E-state index in [2.05, 4.69) is 4.98 Å². The smallest absolute Gasteiger partial charge is 0.329 e. The Labute approximate surface area is 117 Å². The number of hydrogen-bond acceptors (Lipinski definition) is 5. The van der Waals surface area contributed by atoms with Crippen LogP contribution in [0.25, 0.3) is 0 Å². The molecule has 0 spiro atoms. The molecule has 1 aromatic heterocycles. The van der Waals surface area contributed by atoms with Gasteiger partial charge in [-0.05, 0) is 13.8 Å². The van der Waals surface area contributed by atoms with Gasteiger partial charge in [0.05, 0.1) is 5.60 Å². The fourth-order valence-corrected chi connectivity index (χ4v) is 3.67.